The van der Waals surface area contributed by atoms with Crippen LogP contribution >= 0.6 is 0 Å². The number of hydrogen-bond donors (Lipinski definition) is 0. The molecule has 4 heteroatoms. The van der Waals surface area contributed by atoms with E-state index in [0.717, 1.165) is 21.7 Å². The minimum atomic E-state index is -3.58. The van der Waals surface area contributed by atoms with Crippen molar-refractivity contribution in [3.63, 3.8) is 0 Å². The monoisotopic (exact) mass is 246 g/mol. The van der Waals surface area contributed by atoms with E-state index in [9.17, 15) is 8.42 Å². The van der Waals surface area contributed by atoms with Crippen LogP contribution in [0.25, 0.3) is 10.8 Å². The summed E-state index contributed by atoms with van der Waals surface area (Å²) in [5.41, 5.74) is 0.917. The van der Waals surface area contributed by atoms with Crippen LogP contribution in [0.4, 0.5) is 0 Å². The van der Waals surface area contributed by atoms with Crippen LogP contribution in [0.3, 0.4) is 0 Å². The summed E-state index contributed by atoms with van der Waals surface area (Å²) in [6.07, 6.45) is 2.18. The van der Waals surface area contributed by atoms with Crippen molar-refractivity contribution in [2.45, 2.75) is 6.42 Å². The van der Waals surface area contributed by atoms with Gasteiger partial charge in [-0.05, 0) is 23.3 Å². The summed E-state index contributed by atoms with van der Waals surface area (Å²) in [4.78, 5) is 0. The van der Waals surface area contributed by atoms with Gasteiger partial charge in [0, 0.05) is 5.56 Å². The topological polar surface area (TPSA) is 43.4 Å². The SMILES string of the molecule is O=S1(=O)C=CCc2c(ccc3ccccc23)O1. The van der Waals surface area contributed by atoms with E-state index in [0.29, 0.717) is 12.2 Å². The van der Waals surface area contributed by atoms with Crippen molar-refractivity contribution < 1.29 is 12.6 Å². The lowest BCUT2D eigenvalue weighted by Crippen LogP contribution is -2.04. The number of rotatable bonds is 0. The minimum Gasteiger partial charge on any atom is -0.379 e. The van der Waals surface area contributed by atoms with E-state index in [1.807, 2.05) is 30.3 Å². The molecule has 1 heterocycles. The standard InChI is InChI=1S/C13H10O3S/c14-17(15)9-3-6-12-11-5-2-1-4-10(11)7-8-13(12)16-17/h1-5,7-9H,6H2. The van der Waals surface area contributed by atoms with Crippen molar-refractivity contribution in [3.8, 4) is 5.75 Å². The number of hydrogen-bond acceptors (Lipinski definition) is 3. The Balaban J connectivity index is 2.32. The fraction of sp³-hybridized carbons (Fsp3) is 0.0769. The Morgan fingerprint density at radius 1 is 1.06 bits per heavy atom. The van der Waals surface area contributed by atoms with Gasteiger partial charge in [-0.15, -0.1) is 0 Å². The smallest absolute Gasteiger partial charge is 0.331 e. The zero-order chi connectivity index (χ0) is 11.9. The molecule has 2 aromatic rings. The first-order valence-corrected chi connectivity index (χ1v) is 6.74. The lowest BCUT2D eigenvalue weighted by atomic mass is 10.0. The van der Waals surface area contributed by atoms with Crippen molar-refractivity contribution in [2.24, 2.45) is 0 Å². The van der Waals surface area contributed by atoms with Gasteiger partial charge in [-0.2, -0.15) is 8.42 Å². The third-order valence-corrected chi connectivity index (χ3v) is 3.73. The Morgan fingerprint density at radius 3 is 2.76 bits per heavy atom. The highest BCUT2D eigenvalue weighted by Gasteiger charge is 2.17. The van der Waals surface area contributed by atoms with E-state index in [4.69, 9.17) is 4.18 Å². The normalized spacial score (nSPS) is 17.2. The summed E-state index contributed by atoms with van der Waals surface area (Å²) < 4.78 is 28.0. The van der Waals surface area contributed by atoms with E-state index >= 15 is 0 Å². The molecule has 0 amide bonds. The Labute approximate surface area is 99.5 Å². The van der Waals surface area contributed by atoms with E-state index in [2.05, 4.69) is 0 Å². The molecule has 2 aromatic carbocycles. The van der Waals surface area contributed by atoms with Gasteiger partial charge in [0.2, 0.25) is 0 Å². The maximum atomic E-state index is 11.5. The number of benzene rings is 2. The van der Waals surface area contributed by atoms with Gasteiger partial charge in [-0.1, -0.05) is 36.4 Å². The Kier molecular flexibility index (Phi) is 2.19. The van der Waals surface area contributed by atoms with Crippen LogP contribution in [0.5, 0.6) is 5.75 Å². The summed E-state index contributed by atoms with van der Waals surface area (Å²) in [5.74, 6) is 0.425. The summed E-state index contributed by atoms with van der Waals surface area (Å²) >= 11 is 0. The van der Waals surface area contributed by atoms with Crippen molar-refractivity contribution in [3.05, 3.63) is 53.4 Å². The van der Waals surface area contributed by atoms with Gasteiger partial charge in [0.05, 0.1) is 5.41 Å². The second-order valence-corrected chi connectivity index (χ2v) is 5.34. The van der Waals surface area contributed by atoms with Crippen LogP contribution in [-0.2, 0) is 16.5 Å². The molecular weight excluding hydrogens is 236 g/mol. The molecule has 0 fully saturated rings. The molecule has 0 saturated carbocycles. The number of allylic oxidation sites excluding steroid dienone is 1. The van der Waals surface area contributed by atoms with Gasteiger partial charge >= 0.3 is 10.1 Å². The molecule has 0 unspecified atom stereocenters. The molecule has 3 nitrogen and oxygen atoms in total. The van der Waals surface area contributed by atoms with Crippen molar-refractivity contribution in [1.82, 2.24) is 0 Å². The molecule has 0 saturated heterocycles. The van der Waals surface area contributed by atoms with E-state index in [1.54, 1.807) is 12.1 Å². The Hall–Kier alpha value is -1.81. The first-order chi connectivity index (χ1) is 8.16. The van der Waals surface area contributed by atoms with Gasteiger partial charge in [0.15, 0.2) is 0 Å². The number of fused-ring (bicyclic) bond motifs is 3. The van der Waals surface area contributed by atoms with Crippen LogP contribution in [0.2, 0.25) is 0 Å². The average molecular weight is 246 g/mol. The van der Waals surface area contributed by atoms with Crippen LogP contribution in [0.15, 0.2) is 47.9 Å². The molecular formula is C13H10O3S. The van der Waals surface area contributed by atoms with Gasteiger partial charge < -0.3 is 4.18 Å². The maximum Gasteiger partial charge on any atom is 0.331 e. The average Bonchev–Trinajstić information content (AvgIpc) is 2.46. The Bertz CT molecular complexity index is 715. The van der Waals surface area contributed by atoms with E-state index < -0.39 is 10.1 Å². The zero-order valence-electron chi connectivity index (χ0n) is 8.96. The van der Waals surface area contributed by atoms with Crippen LogP contribution < -0.4 is 4.18 Å². The summed E-state index contributed by atoms with van der Waals surface area (Å²) in [6.45, 7) is 0. The fourth-order valence-electron chi connectivity index (χ4n) is 2.04. The fourth-order valence-corrected chi connectivity index (χ4v) is 2.84. The van der Waals surface area contributed by atoms with Crippen LogP contribution in [0.1, 0.15) is 5.56 Å². The molecule has 3 rings (SSSR count). The predicted octanol–water partition coefficient (Wildman–Crippen LogP) is 2.62. The largest absolute Gasteiger partial charge is 0.379 e. The third-order valence-electron chi connectivity index (χ3n) is 2.79. The van der Waals surface area contributed by atoms with Crippen molar-refractivity contribution >= 4 is 20.9 Å². The Morgan fingerprint density at radius 2 is 1.88 bits per heavy atom. The molecule has 0 aromatic heterocycles. The van der Waals surface area contributed by atoms with Crippen LogP contribution in [0, 0.1) is 0 Å². The third kappa shape index (κ3) is 1.80. The first-order valence-electron chi connectivity index (χ1n) is 5.27. The maximum absolute atomic E-state index is 11.5. The van der Waals surface area contributed by atoms with Gasteiger partial charge in [-0.25, -0.2) is 0 Å². The minimum absolute atomic E-state index is 0.425. The van der Waals surface area contributed by atoms with Crippen molar-refractivity contribution in [2.75, 3.05) is 0 Å². The summed E-state index contributed by atoms with van der Waals surface area (Å²) in [6, 6.07) is 11.4. The summed E-state index contributed by atoms with van der Waals surface area (Å²) in [5, 5.41) is 3.23. The van der Waals surface area contributed by atoms with E-state index in [-0.39, 0.29) is 0 Å². The van der Waals surface area contributed by atoms with Crippen molar-refractivity contribution in [1.29, 1.82) is 0 Å². The van der Waals surface area contributed by atoms with Gasteiger partial charge in [-0.3, -0.25) is 0 Å². The highest BCUT2D eigenvalue weighted by molar-refractivity contribution is 7.90. The highest BCUT2D eigenvalue weighted by Crippen LogP contribution is 2.31. The molecule has 0 spiro atoms. The molecule has 0 N–H and O–H groups in total. The molecule has 0 bridgehead atoms. The molecule has 17 heavy (non-hydrogen) atoms. The quantitative estimate of drug-likeness (QED) is 0.671. The highest BCUT2D eigenvalue weighted by atomic mass is 32.2. The second kappa shape index (κ2) is 3.60. The molecule has 0 aliphatic carbocycles. The van der Waals surface area contributed by atoms with Crippen LogP contribution in [-0.4, -0.2) is 8.42 Å². The zero-order valence-corrected chi connectivity index (χ0v) is 9.78. The second-order valence-electron chi connectivity index (χ2n) is 3.92. The molecule has 1 aliphatic rings. The molecule has 86 valence electrons. The molecule has 1 aliphatic heterocycles. The van der Waals surface area contributed by atoms with Gasteiger partial charge in [0.1, 0.15) is 5.75 Å². The molecule has 0 radical (unpaired) electrons. The van der Waals surface area contributed by atoms with E-state index in [1.165, 1.54) is 0 Å². The summed E-state index contributed by atoms with van der Waals surface area (Å²) in [7, 11) is -3.58. The van der Waals surface area contributed by atoms with Gasteiger partial charge in [0.25, 0.3) is 0 Å². The first kappa shape index (κ1) is 10.4. The lowest BCUT2D eigenvalue weighted by molar-refractivity contribution is 0.496. The molecule has 0 atom stereocenters. The lowest BCUT2D eigenvalue weighted by Gasteiger charge is -2.09. The predicted molar refractivity (Wildman–Crippen MR) is 66.3 cm³/mol.